The summed E-state index contributed by atoms with van der Waals surface area (Å²) < 4.78 is 5.24. The molecule has 3 saturated carbocycles. The van der Waals surface area contributed by atoms with Crippen LogP contribution in [0.2, 0.25) is 0 Å². The molecule has 41 heavy (non-hydrogen) atoms. The van der Waals surface area contributed by atoms with Gasteiger partial charge in [-0.2, -0.15) is 0 Å². The summed E-state index contributed by atoms with van der Waals surface area (Å²) in [6.07, 6.45) is 5.86. The lowest BCUT2D eigenvalue weighted by molar-refractivity contribution is -0.184. The molecule has 4 aliphatic carbocycles. The van der Waals surface area contributed by atoms with Gasteiger partial charge in [0.2, 0.25) is 11.7 Å². The van der Waals surface area contributed by atoms with E-state index < -0.39 is 35.5 Å². The summed E-state index contributed by atoms with van der Waals surface area (Å²) in [4.78, 5) is 52.3. The van der Waals surface area contributed by atoms with Crippen LogP contribution in [-0.4, -0.2) is 89.7 Å². The normalized spacial score (nSPS) is 38.4. The molecule has 0 radical (unpaired) electrons. The highest BCUT2D eigenvalue weighted by molar-refractivity contribution is 5.92. The van der Waals surface area contributed by atoms with Crippen molar-refractivity contribution in [2.45, 2.75) is 89.8 Å². The highest BCUT2D eigenvalue weighted by atomic mass is 16.5. The van der Waals surface area contributed by atoms with Gasteiger partial charge in [0.25, 0.3) is 0 Å². The average Bonchev–Trinajstić information content (AvgIpc) is 3.55. The smallest absolute Gasteiger partial charge is 0.306 e. The number of aliphatic hydroxyl groups is 2. The van der Waals surface area contributed by atoms with Gasteiger partial charge in [0, 0.05) is 51.1 Å². The molecule has 7 unspecified atom stereocenters. The van der Waals surface area contributed by atoms with Crippen molar-refractivity contribution in [3.8, 4) is 0 Å². The Kier molecular flexibility index (Phi) is 8.77. The van der Waals surface area contributed by atoms with Crippen molar-refractivity contribution < 1.29 is 34.1 Å². The van der Waals surface area contributed by atoms with E-state index in [0.717, 1.165) is 57.6 Å². The zero-order valence-corrected chi connectivity index (χ0v) is 24.6. The second kappa shape index (κ2) is 11.9. The molecule has 228 valence electrons. The molecule has 10 nitrogen and oxygen atoms in total. The fourth-order valence-corrected chi connectivity index (χ4v) is 9.07. The summed E-state index contributed by atoms with van der Waals surface area (Å²) >= 11 is 0. The van der Waals surface area contributed by atoms with Crippen LogP contribution in [0, 0.1) is 28.6 Å². The van der Waals surface area contributed by atoms with Crippen LogP contribution in [0.3, 0.4) is 0 Å². The molecule has 0 aromatic rings. The van der Waals surface area contributed by atoms with Gasteiger partial charge in [-0.1, -0.05) is 19.4 Å². The number of amides is 1. The van der Waals surface area contributed by atoms with Gasteiger partial charge < -0.3 is 25.6 Å². The van der Waals surface area contributed by atoms with Gasteiger partial charge >= 0.3 is 5.97 Å². The molecule has 1 amide bonds. The molecule has 7 atom stereocenters. The Bertz CT molecular complexity index is 1090. The molecule has 4 fully saturated rings. The first-order valence-corrected chi connectivity index (χ1v) is 15.5. The Balaban J connectivity index is 1.12. The summed E-state index contributed by atoms with van der Waals surface area (Å²) in [5, 5.41) is 29.4. The number of nitrogens with zero attached hydrogens (tertiary/aromatic N) is 1. The van der Waals surface area contributed by atoms with E-state index in [1.54, 1.807) is 6.08 Å². The maximum atomic E-state index is 13.4. The van der Waals surface area contributed by atoms with Crippen LogP contribution >= 0.6 is 0 Å². The highest BCUT2D eigenvalue weighted by Gasteiger charge is 2.68. The largest absolute Gasteiger partial charge is 0.458 e. The summed E-state index contributed by atoms with van der Waals surface area (Å²) in [6.45, 7) is 7.85. The van der Waals surface area contributed by atoms with Crippen LogP contribution < -0.4 is 10.6 Å². The molecule has 0 spiro atoms. The van der Waals surface area contributed by atoms with Crippen LogP contribution in [0.15, 0.2) is 11.6 Å². The topological polar surface area (TPSA) is 145 Å². The summed E-state index contributed by atoms with van der Waals surface area (Å²) in [6, 6.07) is 0. The summed E-state index contributed by atoms with van der Waals surface area (Å²) in [5.74, 6) is -1.05. The minimum Gasteiger partial charge on any atom is -0.458 e. The van der Waals surface area contributed by atoms with E-state index in [1.807, 2.05) is 6.92 Å². The quantitative estimate of drug-likeness (QED) is 0.226. The lowest BCUT2D eigenvalue weighted by atomic mass is 9.45. The minimum absolute atomic E-state index is 0.00710. The number of nitrogens with one attached hydrogen (secondary N) is 2. The van der Waals surface area contributed by atoms with E-state index in [0.29, 0.717) is 25.8 Å². The Morgan fingerprint density at radius 2 is 1.98 bits per heavy atom. The van der Waals surface area contributed by atoms with Gasteiger partial charge in [-0.3, -0.25) is 24.1 Å². The Hall–Kier alpha value is -2.14. The molecule has 0 aromatic carbocycles. The number of carbonyl (C=O) groups excluding carboxylic acids is 4. The van der Waals surface area contributed by atoms with E-state index in [-0.39, 0.29) is 54.1 Å². The second-order valence-electron chi connectivity index (χ2n) is 13.5. The molecular weight excluding hydrogens is 526 g/mol. The van der Waals surface area contributed by atoms with Crippen LogP contribution in [0.5, 0.6) is 0 Å². The minimum atomic E-state index is -1.69. The zero-order valence-electron chi connectivity index (χ0n) is 24.6. The first kappa shape index (κ1) is 30.3. The monoisotopic (exact) mass is 573 g/mol. The predicted molar refractivity (Wildman–Crippen MR) is 150 cm³/mol. The summed E-state index contributed by atoms with van der Waals surface area (Å²) in [5.41, 5.74) is -1.62. The molecular formula is C31H47N3O7. The number of esters is 1. The van der Waals surface area contributed by atoms with E-state index >= 15 is 0 Å². The first-order chi connectivity index (χ1) is 19.5. The number of allylic oxidation sites excluding steroid dienone is 1. The van der Waals surface area contributed by atoms with Crippen molar-refractivity contribution in [1.29, 1.82) is 0 Å². The number of carbonyl (C=O) groups is 4. The van der Waals surface area contributed by atoms with E-state index in [4.69, 9.17) is 4.74 Å². The lowest BCUT2D eigenvalue weighted by Crippen LogP contribution is -2.62. The molecule has 4 N–H and O–H groups in total. The number of ketones is 2. The third-order valence-corrected chi connectivity index (χ3v) is 11.3. The van der Waals surface area contributed by atoms with Crippen molar-refractivity contribution in [1.82, 2.24) is 15.5 Å². The van der Waals surface area contributed by atoms with Gasteiger partial charge in [-0.15, -0.1) is 0 Å². The first-order valence-electron chi connectivity index (χ1n) is 15.5. The van der Waals surface area contributed by atoms with Crippen LogP contribution in [0.1, 0.15) is 78.1 Å². The van der Waals surface area contributed by atoms with E-state index in [2.05, 4.69) is 22.5 Å². The number of ether oxygens (including phenoxy) is 1. The highest BCUT2D eigenvalue weighted by Crippen LogP contribution is 2.67. The Labute approximate surface area is 242 Å². The fraction of sp³-hybridized carbons (Fsp3) is 0.806. The number of aliphatic hydroxyl groups excluding tert-OH is 1. The number of hydrogen-bond donors (Lipinski definition) is 4. The molecule has 0 bridgehead atoms. The molecule has 1 heterocycles. The van der Waals surface area contributed by atoms with Crippen LogP contribution in [0.25, 0.3) is 0 Å². The molecule has 5 rings (SSSR count). The molecule has 0 aromatic heterocycles. The second-order valence-corrected chi connectivity index (χ2v) is 13.5. The Morgan fingerprint density at radius 3 is 2.73 bits per heavy atom. The average molecular weight is 574 g/mol. The van der Waals surface area contributed by atoms with Crippen molar-refractivity contribution in [3.05, 3.63) is 11.6 Å². The van der Waals surface area contributed by atoms with E-state index in [9.17, 15) is 29.4 Å². The molecule has 1 saturated heterocycles. The zero-order chi connectivity index (χ0) is 29.4. The Morgan fingerprint density at radius 1 is 1.17 bits per heavy atom. The number of rotatable bonds is 10. The number of hydrogen-bond acceptors (Lipinski definition) is 9. The summed E-state index contributed by atoms with van der Waals surface area (Å²) in [7, 11) is 0. The van der Waals surface area contributed by atoms with Gasteiger partial charge in [0.1, 0.15) is 5.60 Å². The van der Waals surface area contributed by atoms with Crippen LogP contribution in [-0.2, 0) is 23.9 Å². The third-order valence-electron chi connectivity index (χ3n) is 11.3. The van der Waals surface area contributed by atoms with Crippen LogP contribution in [0.4, 0.5) is 0 Å². The van der Waals surface area contributed by atoms with Gasteiger partial charge in [0.15, 0.2) is 12.4 Å². The molecule has 5 aliphatic rings. The van der Waals surface area contributed by atoms with Crippen molar-refractivity contribution >= 4 is 23.4 Å². The maximum Gasteiger partial charge on any atom is 0.306 e. The standard InChI is InChI=1S/C31H47N3O7/c1-29-10-8-21(35)16-20(29)4-5-22-23-9-11-31(40,30(23,2)17-24(36)28(22)29)25(37)18-41-27(39)7-6-26(38)33-12-3-14-34-15-13-32-19-34/h16,22-24,28,32,36,40H,3-15,17-19H2,1-2H3,(H,33,38). The van der Waals surface area contributed by atoms with Crippen molar-refractivity contribution in [3.63, 3.8) is 0 Å². The fourth-order valence-electron chi connectivity index (χ4n) is 9.07. The molecule has 1 aliphatic heterocycles. The SMILES string of the molecule is CC12CCC(=O)C=C1CCC1C2C(O)CC2(C)C1CCC2(O)C(=O)COC(=O)CCC(=O)NCCCN1CCNC1. The lowest BCUT2D eigenvalue weighted by Gasteiger charge is -2.60. The molecule has 10 heteroatoms. The van der Waals surface area contributed by atoms with Gasteiger partial charge in [-0.25, -0.2) is 0 Å². The maximum absolute atomic E-state index is 13.4. The number of fused-ring (bicyclic) bond motifs is 5. The van der Waals surface area contributed by atoms with E-state index in [1.165, 1.54) is 0 Å². The number of Topliss-reactive ketones (excluding diaryl/α,β-unsaturated/α-hetero) is 1. The predicted octanol–water partition coefficient (Wildman–Crippen LogP) is 1.48. The van der Waals surface area contributed by atoms with Gasteiger partial charge in [-0.05, 0) is 74.2 Å². The van der Waals surface area contributed by atoms with Gasteiger partial charge in [0.05, 0.1) is 12.5 Å². The third kappa shape index (κ3) is 5.65. The van der Waals surface area contributed by atoms with Crippen molar-refractivity contribution in [2.75, 3.05) is 39.5 Å². The van der Waals surface area contributed by atoms with Crippen molar-refractivity contribution in [2.24, 2.45) is 28.6 Å².